The number of amides is 1. The Kier molecular flexibility index (Phi) is 5.82. The van der Waals surface area contributed by atoms with Crippen molar-refractivity contribution in [2.45, 2.75) is 26.0 Å². The maximum atomic E-state index is 12.2. The molecule has 0 saturated heterocycles. The number of carbonyl (C=O) groups is 1. The first kappa shape index (κ1) is 16.0. The molecule has 112 valence electrons. The third kappa shape index (κ3) is 4.58. The van der Waals surface area contributed by atoms with E-state index >= 15 is 0 Å². The summed E-state index contributed by atoms with van der Waals surface area (Å²) in [6.45, 7) is 4.58. The summed E-state index contributed by atoms with van der Waals surface area (Å²) in [6.07, 6.45) is 2.85. The highest BCUT2D eigenvalue weighted by Crippen LogP contribution is 2.15. The molecule has 1 N–H and O–H groups in total. The summed E-state index contributed by atoms with van der Waals surface area (Å²) >= 11 is 3.46. The molecule has 21 heavy (non-hydrogen) atoms. The van der Waals surface area contributed by atoms with Gasteiger partial charge in [-0.25, -0.2) is 4.98 Å². The Labute approximate surface area is 134 Å². The Morgan fingerprint density at radius 2 is 2.19 bits per heavy atom. The van der Waals surface area contributed by atoms with Crippen LogP contribution in [0.2, 0.25) is 0 Å². The Bertz CT molecular complexity index is 622. The van der Waals surface area contributed by atoms with Crippen LogP contribution in [0.15, 0.2) is 23.6 Å². The number of nitrogens with one attached hydrogen (secondary N) is 1. The highest BCUT2D eigenvalue weighted by molar-refractivity contribution is 7.97. The molecule has 1 heterocycles. The number of hydrogen-bond acceptors (Lipinski definition) is 4. The third-order valence-corrected chi connectivity index (χ3v) is 4.81. The van der Waals surface area contributed by atoms with Gasteiger partial charge in [-0.3, -0.25) is 4.79 Å². The molecule has 1 amide bonds. The first-order valence-corrected chi connectivity index (χ1v) is 9.15. The predicted octanol–water partition coefficient (Wildman–Crippen LogP) is 3.60. The Morgan fingerprint density at radius 3 is 2.95 bits per heavy atom. The van der Waals surface area contributed by atoms with Gasteiger partial charge in [0, 0.05) is 29.7 Å². The number of hydrogen-bond donors (Lipinski definition) is 1. The lowest BCUT2D eigenvalue weighted by molar-refractivity contribution is 0.0953. The molecule has 0 spiro atoms. The van der Waals surface area contributed by atoms with Crippen molar-refractivity contribution in [1.82, 2.24) is 10.3 Å². The van der Waals surface area contributed by atoms with Crippen molar-refractivity contribution in [3.8, 4) is 0 Å². The fraction of sp³-hybridized carbons (Fsp3) is 0.375. The van der Waals surface area contributed by atoms with Crippen LogP contribution in [0.3, 0.4) is 0 Å². The van der Waals surface area contributed by atoms with Crippen LogP contribution in [-0.4, -0.2) is 23.7 Å². The van der Waals surface area contributed by atoms with Gasteiger partial charge in [0.2, 0.25) is 0 Å². The second kappa shape index (κ2) is 7.61. The number of carbonyl (C=O) groups excluding carboxylic acids is 1. The standard InChI is InChI=1S/C16H20N2OS2/c1-11-4-5-12(2)14(8-11)16(19)17-7-6-13-9-21-15(18-13)10-20-3/h4-5,8-9H,6-7,10H2,1-3H3,(H,17,19). The zero-order valence-electron chi connectivity index (χ0n) is 12.6. The molecule has 2 rings (SSSR count). The molecular formula is C16H20N2OS2. The number of benzene rings is 1. The summed E-state index contributed by atoms with van der Waals surface area (Å²) < 4.78 is 0. The maximum Gasteiger partial charge on any atom is 0.251 e. The lowest BCUT2D eigenvalue weighted by Gasteiger charge is -2.08. The van der Waals surface area contributed by atoms with Crippen LogP contribution in [0.5, 0.6) is 0 Å². The molecular weight excluding hydrogens is 300 g/mol. The number of aromatic nitrogens is 1. The predicted molar refractivity (Wildman–Crippen MR) is 91.3 cm³/mol. The van der Waals surface area contributed by atoms with Gasteiger partial charge in [-0.2, -0.15) is 11.8 Å². The van der Waals surface area contributed by atoms with Crippen LogP contribution >= 0.6 is 23.1 Å². The fourth-order valence-corrected chi connectivity index (χ4v) is 3.58. The summed E-state index contributed by atoms with van der Waals surface area (Å²) in [6, 6.07) is 5.94. The van der Waals surface area contributed by atoms with Gasteiger partial charge in [-0.1, -0.05) is 17.7 Å². The van der Waals surface area contributed by atoms with Gasteiger partial charge in [-0.15, -0.1) is 11.3 Å². The maximum absolute atomic E-state index is 12.2. The van der Waals surface area contributed by atoms with Gasteiger partial charge in [0.05, 0.1) is 5.69 Å². The summed E-state index contributed by atoms with van der Waals surface area (Å²) in [5.41, 5.74) is 3.93. The molecule has 1 aromatic carbocycles. The van der Waals surface area contributed by atoms with Gasteiger partial charge >= 0.3 is 0 Å². The second-order valence-corrected chi connectivity index (χ2v) is 6.80. The summed E-state index contributed by atoms with van der Waals surface area (Å²) in [7, 11) is 0. The molecule has 0 aliphatic rings. The van der Waals surface area contributed by atoms with Crippen LogP contribution in [0.25, 0.3) is 0 Å². The molecule has 0 aliphatic heterocycles. The molecule has 3 nitrogen and oxygen atoms in total. The van der Waals surface area contributed by atoms with E-state index in [0.29, 0.717) is 6.54 Å². The van der Waals surface area contributed by atoms with Gasteiger partial charge in [0.15, 0.2) is 0 Å². The van der Waals surface area contributed by atoms with Crippen molar-refractivity contribution < 1.29 is 4.79 Å². The SMILES string of the molecule is CSCc1nc(CCNC(=O)c2cc(C)ccc2C)cs1. The number of nitrogens with zero attached hydrogens (tertiary/aromatic N) is 1. The highest BCUT2D eigenvalue weighted by atomic mass is 32.2. The van der Waals surface area contributed by atoms with E-state index in [1.807, 2.05) is 32.0 Å². The number of thiazole rings is 1. The molecule has 0 radical (unpaired) electrons. The van der Waals surface area contributed by atoms with Crippen LogP contribution in [0.1, 0.15) is 32.2 Å². The summed E-state index contributed by atoms with van der Waals surface area (Å²) in [5.74, 6) is 0.954. The van der Waals surface area contributed by atoms with Crippen molar-refractivity contribution >= 4 is 29.0 Å². The fourth-order valence-electron chi connectivity index (χ4n) is 2.03. The molecule has 0 saturated carbocycles. The molecule has 1 aromatic heterocycles. The number of aryl methyl sites for hydroxylation is 2. The molecule has 0 aliphatic carbocycles. The van der Waals surface area contributed by atoms with Crippen molar-refractivity contribution in [2.24, 2.45) is 0 Å². The van der Waals surface area contributed by atoms with E-state index in [4.69, 9.17) is 0 Å². The highest BCUT2D eigenvalue weighted by Gasteiger charge is 2.09. The molecule has 2 aromatic rings. The van der Waals surface area contributed by atoms with E-state index in [0.717, 1.165) is 39.6 Å². The van der Waals surface area contributed by atoms with Gasteiger partial charge in [0.1, 0.15) is 5.01 Å². The van der Waals surface area contributed by atoms with E-state index in [-0.39, 0.29) is 5.91 Å². The van der Waals surface area contributed by atoms with Gasteiger partial charge < -0.3 is 5.32 Å². The lowest BCUT2D eigenvalue weighted by Crippen LogP contribution is -2.26. The van der Waals surface area contributed by atoms with Crippen LogP contribution in [0, 0.1) is 13.8 Å². The van der Waals surface area contributed by atoms with E-state index in [2.05, 4.69) is 21.9 Å². The van der Waals surface area contributed by atoms with Gasteiger partial charge in [0.25, 0.3) is 5.91 Å². The molecule has 0 atom stereocenters. The summed E-state index contributed by atoms with van der Waals surface area (Å²) in [5, 5.41) is 6.21. The first-order valence-electron chi connectivity index (χ1n) is 6.88. The number of thioether (sulfide) groups is 1. The van der Waals surface area contributed by atoms with E-state index < -0.39 is 0 Å². The zero-order valence-corrected chi connectivity index (χ0v) is 14.2. The van der Waals surface area contributed by atoms with Crippen LogP contribution < -0.4 is 5.32 Å². The smallest absolute Gasteiger partial charge is 0.251 e. The van der Waals surface area contributed by atoms with Crippen molar-refractivity contribution in [3.63, 3.8) is 0 Å². The Morgan fingerprint density at radius 1 is 1.38 bits per heavy atom. The largest absolute Gasteiger partial charge is 0.352 e. The van der Waals surface area contributed by atoms with E-state index in [1.54, 1.807) is 23.1 Å². The normalized spacial score (nSPS) is 10.6. The first-order chi connectivity index (χ1) is 10.1. The van der Waals surface area contributed by atoms with Gasteiger partial charge in [-0.05, 0) is 31.7 Å². The van der Waals surface area contributed by atoms with Crippen molar-refractivity contribution in [3.05, 3.63) is 51.0 Å². The monoisotopic (exact) mass is 320 g/mol. The topological polar surface area (TPSA) is 42.0 Å². The third-order valence-electron chi connectivity index (χ3n) is 3.17. The zero-order chi connectivity index (χ0) is 15.2. The van der Waals surface area contributed by atoms with E-state index in [1.165, 1.54) is 0 Å². The van der Waals surface area contributed by atoms with Crippen LogP contribution in [-0.2, 0) is 12.2 Å². The quantitative estimate of drug-likeness (QED) is 0.884. The molecule has 5 heteroatoms. The average molecular weight is 320 g/mol. The lowest BCUT2D eigenvalue weighted by atomic mass is 10.1. The van der Waals surface area contributed by atoms with Crippen molar-refractivity contribution in [2.75, 3.05) is 12.8 Å². The molecule has 0 fully saturated rings. The molecule has 0 bridgehead atoms. The Hall–Kier alpha value is -1.33. The minimum absolute atomic E-state index is 0.00392. The number of rotatable bonds is 6. The average Bonchev–Trinajstić information content (AvgIpc) is 2.89. The molecule has 0 unspecified atom stereocenters. The van der Waals surface area contributed by atoms with Crippen molar-refractivity contribution in [1.29, 1.82) is 0 Å². The van der Waals surface area contributed by atoms with Crippen LogP contribution in [0.4, 0.5) is 0 Å². The minimum Gasteiger partial charge on any atom is -0.352 e. The van der Waals surface area contributed by atoms with E-state index in [9.17, 15) is 4.79 Å². The summed E-state index contributed by atoms with van der Waals surface area (Å²) in [4.78, 5) is 16.7. The minimum atomic E-state index is -0.00392. The second-order valence-electron chi connectivity index (χ2n) is 4.99. The Balaban J connectivity index is 1.87.